The summed E-state index contributed by atoms with van der Waals surface area (Å²) in [5.74, 6) is -0.540. The summed E-state index contributed by atoms with van der Waals surface area (Å²) in [5.41, 5.74) is -0.630. The highest BCUT2D eigenvalue weighted by Crippen LogP contribution is 2.25. The van der Waals surface area contributed by atoms with Crippen molar-refractivity contribution in [2.45, 2.75) is 4.90 Å². The van der Waals surface area contributed by atoms with Crippen LogP contribution in [0.1, 0.15) is 10.4 Å². The third-order valence-corrected chi connectivity index (χ3v) is 4.42. The lowest BCUT2D eigenvalue weighted by Crippen LogP contribution is -2.27. The van der Waals surface area contributed by atoms with Crippen LogP contribution in [0, 0.1) is 18.2 Å². The minimum atomic E-state index is -4.07. The summed E-state index contributed by atoms with van der Waals surface area (Å²) in [7, 11) is -2.87. The van der Waals surface area contributed by atoms with Gasteiger partial charge in [0.05, 0.1) is 22.0 Å². The minimum Gasteiger partial charge on any atom is -0.478 e. The normalized spacial score (nSPS) is 11.3. The van der Waals surface area contributed by atoms with Crippen LogP contribution >= 0.6 is 11.6 Å². The van der Waals surface area contributed by atoms with Gasteiger partial charge in [-0.15, -0.1) is 6.42 Å². The Morgan fingerprint density at radius 2 is 2.16 bits per heavy atom. The third-order valence-electron chi connectivity index (χ3n) is 2.25. The largest absolute Gasteiger partial charge is 0.478 e. The Labute approximate surface area is 114 Å². The van der Waals surface area contributed by atoms with Gasteiger partial charge in [0, 0.05) is 7.05 Å². The fourth-order valence-corrected chi connectivity index (χ4v) is 2.58. The molecule has 0 unspecified atom stereocenters. The second-order valence-corrected chi connectivity index (χ2v) is 5.96. The molecule has 0 fully saturated rings. The minimum absolute atomic E-state index is 0.227. The van der Waals surface area contributed by atoms with E-state index in [1.807, 2.05) is 0 Å². The van der Waals surface area contributed by atoms with E-state index in [-0.39, 0.29) is 6.54 Å². The van der Waals surface area contributed by atoms with Crippen molar-refractivity contribution in [2.24, 2.45) is 0 Å². The van der Waals surface area contributed by atoms with E-state index in [9.17, 15) is 17.6 Å². The van der Waals surface area contributed by atoms with E-state index in [2.05, 4.69) is 5.92 Å². The summed E-state index contributed by atoms with van der Waals surface area (Å²) < 4.78 is 38.2. The van der Waals surface area contributed by atoms with Crippen LogP contribution in [0.4, 0.5) is 4.39 Å². The topological polar surface area (TPSA) is 74.7 Å². The lowest BCUT2D eigenvalue weighted by molar-refractivity contribution is 0.0696. The van der Waals surface area contributed by atoms with Crippen LogP contribution < -0.4 is 0 Å². The molecule has 0 spiro atoms. The van der Waals surface area contributed by atoms with Gasteiger partial charge in [0.2, 0.25) is 10.0 Å². The summed E-state index contributed by atoms with van der Waals surface area (Å²) in [5, 5.41) is 8.18. The molecule has 0 heterocycles. The van der Waals surface area contributed by atoms with Crippen LogP contribution in [0.25, 0.3) is 0 Å². The molecule has 8 heteroatoms. The van der Waals surface area contributed by atoms with Crippen molar-refractivity contribution in [3.63, 3.8) is 0 Å². The van der Waals surface area contributed by atoms with Gasteiger partial charge in [-0.05, 0) is 12.1 Å². The highest BCUT2D eigenvalue weighted by atomic mass is 35.5. The lowest BCUT2D eigenvalue weighted by atomic mass is 10.2. The molecule has 0 atom stereocenters. The van der Waals surface area contributed by atoms with Crippen LogP contribution in [0.2, 0.25) is 5.02 Å². The Hall–Kier alpha value is -1.62. The Bertz CT molecular complexity index is 666. The second kappa shape index (κ2) is 5.57. The molecule has 1 rings (SSSR count). The first-order valence-corrected chi connectivity index (χ1v) is 6.65. The zero-order valence-electron chi connectivity index (χ0n) is 9.72. The number of nitrogens with zero attached hydrogens (tertiary/aromatic N) is 1. The van der Waals surface area contributed by atoms with Gasteiger partial charge in [0.1, 0.15) is 5.82 Å². The van der Waals surface area contributed by atoms with Gasteiger partial charge >= 0.3 is 5.97 Å². The number of aromatic carboxylic acids is 1. The molecular weight excluding hydrogens is 297 g/mol. The molecule has 1 N–H and O–H groups in total. The standard InChI is InChI=1S/C11H9ClFNO4S/c1-3-4-14(2)19(17,18)7-5-8(11(15)16)10(12)9(13)6-7/h1,5-6H,4H2,2H3,(H,15,16). The van der Waals surface area contributed by atoms with Crippen molar-refractivity contribution in [1.82, 2.24) is 4.31 Å². The van der Waals surface area contributed by atoms with Gasteiger partial charge in [0.25, 0.3) is 0 Å². The van der Waals surface area contributed by atoms with Gasteiger partial charge in [-0.3, -0.25) is 0 Å². The highest BCUT2D eigenvalue weighted by molar-refractivity contribution is 7.89. The molecule has 5 nitrogen and oxygen atoms in total. The van der Waals surface area contributed by atoms with Crippen molar-refractivity contribution in [1.29, 1.82) is 0 Å². The van der Waals surface area contributed by atoms with Crippen LogP contribution in [-0.4, -0.2) is 37.4 Å². The number of carboxylic acids is 1. The molecule has 1 aromatic carbocycles. The molecule has 19 heavy (non-hydrogen) atoms. The number of rotatable bonds is 4. The average molecular weight is 306 g/mol. The van der Waals surface area contributed by atoms with Crippen LogP contribution in [0.15, 0.2) is 17.0 Å². The maximum absolute atomic E-state index is 13.5. The number of terminal acetylenes is 1. The monoisotopic (exact) mass is 305 g/mol. The summed E-state index contributed by atoms with van der Waals surface area (Å²) in [4.78, 5) is 10.3. The van der Waals surface area contributed by atoms with Crippen molar-refractivity contribution >= 4 is 27.6 Å². The molecule has 0 aliphatic rings. The molecule has 0 aliphatic heterocycles. The summed E-state index contributed by atoms with van der Waals surface area (Å²) in [6, 6.07) is 1.44. The van der Waals surface area contributed by atoms with Gasteiger partial charge in [-0.1, -0.05) is 17.5 Å². The molecule has 0 radical (unpaired) electrons. The fourth-order valence-electron chi connectivity index (χ4n) is 1.26. The van der Waals surface area contributed by atoms with Gasteiger partial charge < -0.3 is 5.11 Å². The Balaban J connectivity index is 3.46. The van der Waals surface area contributed by atoms with E-state index in [1.54, 1.807) is 0 Å². The van der Waals surface area contributed by atoms with Crippen LogP contribution in [0.3, 0.4) is 0 Å². The average Bonchev–Trinajstić information content (AvgIpc) is 2.32. The molecule has 0 saturated carbocycles. The SMILES string of the molecule is C#CCN(C)S(=O)(=O)c1cc(F)c(Cl)c(C(=O)O)c1. The Morgan fingerprint density at radius 3 is 2.63 bits per heavy atom. The quantitative estimate of drug-likeness (QED) is 0.854. The molecule has 0 bridgehead atoms. The Kier molecular flexibility index (Phi) is 4.52. The number of benzene rings is 1. The first-order valence-electron chi connectivity index (χ1n) is 4.84. The maximum atomic E-state index is 13.5. The smallest absolute Gasteiger partial charge is 0.337 e. The van der Waals surface area contributed by atoms with Crippen molar-refractivity contribution in [3.05, 3.63) is 28.5 Å². The van der Waals surface area contributed by atoms with E-state index < -0.39 is 37.3 Å². The van der Waals surface area contributed by atoms with Gasteiger partial charge in [-0.25, -0.2) is 17.6 Å². The number of halogens is 2. The first kappa shape index (κ1) is 15.4. The van der Waals surface area contributed by atoms with Crippen LogP contribution in [-0.2, 0) is 10.0 Å². The zero-order chi connectivity index (χ0) is 14.8. The molecule has 0 amide bonds. The Morgan fingerprint density at radius 1 is 1.58 bits per heavy atom. The molecule has 1 aromatic rings. The highest BCUT2D eigenvalue weighted by Gasteiger charge is 2.24. The van der Waals surface area contributed by atoms with E-state index in [1.165, 1.54) is 7.05 Å². The molecular formula is C11H9ClFNO4S. The zero-order valence-corrected chi connectivity index (χ0v) is 11.3. The number of carbonyl (C=O) groups is 1. The first-order chi connectivity index (χ1) is 8.71. The lowest BCUT2D eigenvalue weighted by Gasteiger charge is -2.15. The predicted octanol–water partition coefficient (Wildman–Crippen LogP) is 1.43. The molecule has 0 aromatic heterocycles. The number of carboxylic acid groups (broad SMARTS) is 1. The van der Waals surface area contributed by atoms with Crippen molar-refractivity contribution in [2.75, 3.05) is 13.6 Å². The third kappa shape index (κ3) is 3.04. The van der Waals surface area contributed by atoms with E-state index in [0.717, 1.165) is 10.4 Å². The second-order valence-electron chi connectivity index (χ2n) is 3.54. The molecule has 102 valence electrons. The summed E-state index contributed by atoms with van der Waals surface area (Å²) in [6.45, 7) is -0.227. The number of hydrogen-bond acceptors (Lipinski definition) is 3. The van der Waals surface area contributed by atoms with Crippen molar-refractivity contribution in [3.8, 4) is 12.3 Å². The van der Waals surface area contributed by atoms with Gasteiger partial charge in [-0.2, -0.15) is 4.31 Å². The predicted molar refractivity (Wildman–Crippen MR) is 67.0 cm³/mol. The number of sulfonamides is 1. The number of hydrogen-bond donors (Lipinski definition) is 1. The molecule has 0 aliphatic carbocycles. The maximum Gasteiger partial charge on any atom is 0.337 e. The van der Waals surface area contributed by atoms with Gasteiger partial charge in [0.15, 0.2) is 0 Å². The molecule has 0 saturated heterocycles. The van der Waals surface area contributed by atoms with Crippen LogP contribution in [0.5, 0.6) is 0 Å². The fraction of sp³-hybridized carbons (Fsp3) is 0.182. The van der Waals surface area contributed by atoms with Crippen molar-refractivity contribution < 1.29 is 22.7 Å². The summed E-state index contributed by atoms with van der Waals surface area (Å²) in [6.07, 6.45) is 4.99. The summed E-state index contributed by atoms with van der Waals surface area (Å²) >= 11 is 5.45. The van der Waals surface area contributed by atoms with E-state index >= 15 is 0 Å². The van der Waals surface area contributed by atoms with E-state index in [0.29, 0.717) is 6.07 Å². The van der Waals surface area contributed by atoms with E-state index in [4.69, 9.17) is 23.1 Å².